The normalized spacial score (nSPS) is 10.3. The van der Waals surface area contributed by atoms with Gasteiger partial charge >= 0.3 is 0 Å². The maximum atomic E-state index is 12.3. The Balaban J connectivity index is 2.08. The molecule has 1 aromatic heterocycles. The van der Waals surface area contributed by atoms with Crippen LogP contribution in [0.4, 0.5) is 5.69 Å². The highest BCUT2D eigenvalue weighted by Gasteiger charge is 2.12. The maximum absolute atomic E-state index is 12.3. The van der Waals surface area contributed by atoms with Crippen LogP contribution < -0.4 is 10.6 Å². The summed E-state index contributed by atoms with van der Waals surface area (Å²) in [7, 11) is 1.55. The number of aromatic nitrogens is 1. The number of hydrogen-bond donors (Lipinski definition) is 2. The maximum Gasteiger partial charge on any atom is 0.269 e. The lowest BCUT2D eigenvalue weighted by molar-refractivity contribution is 0.0932. The number of benzene rings is 1. The van der Waals surface area contributed by atoms with E-state index >= 15 is 0 Å². The molecule has 0 aliphatic heterocycles. The quantitative estimate of drug-likeness (QED) is 0.787. The molecule has 2 rings (SSSR count). The van der Waals surface area contributed by atoms with Crippen molar-refractivity contribution in [2.24, 2.45) is 0 Å². The number of pyridine rings is 1. The molecule has 0 radical (unpaired) electrons. The van der Waals surface area contributed by atoms with Crippen LogP contribution >= 0.6 is 11.6 Å². The van der Waals surface area contributed by atoms with E-state index in [-0.39, 0.29) is 17.5 Å². The summed E-state index contributed by atoms with van der Waals surface area (Å²) in [6.07, 6.45) is 1.42. The van der Waals surface area contributed by atoms with Gasteiger partial charge in [-0.05, 0) is 36.8 Å². The molecule has 1 aromatic carbocycles. The Hall–Kier alpha value is -2.44. The standard InChI is InChI=1S/C17H18ClN3O3/c1-11-3-4-13(10-14(11)18)21-16(22)12-5-6-19-15(9-12)17(23)20-7-8-24-2/h3-6,9-10H,7-8H2,1-2H3,(H,20,23)(H,21,22). The summed E-state index contributed by atoms with van der Waals surface area (Å²) < 4.78 is 4.86. The molecule has 0 aliphatic rings. The van der Waals surface area contributed by atoms with E-state index < -0.39 is 0 Å². The highest BCUT2D eigenvalue weighted by molar-refractivity contribution is 6.31. The average molecular weight is 348 g/mol. The summed E-state index contributed by atoms with van der Waals surface area (Å²) in [6, 6.07) is 8.23. The first-order valence-corrected chi connectivity index (χ1v) is 7.69. The van der Waals surface area contributed by atoms with Gasteiger partial charge in [0.25, 0.3) is 11.8 Å². The minimum absolute atomic E-state index is 0.167. The Morgan fingerprint density at radius 2 is 2.00 bits per heavy atom. The molecule has 7 heteroatoms. The van der Waals surface area contributed by atoms with E-state index in [9.17, 15) is 9.59 Å². The van der Waals surface area contributed by atoms with Gasteiger partial charge in [-0.15, -0.1) is 0 Å². The van der Waals surface area contributed by atoms with Crippen molar-refractivity contribution in [1.29, 1.82) is 0 Å². The van der Waals surface area contributed by atoms with E-state index in [4.69, 9.17) is 16.3 Å². The molecular weight excluding hydrogens is 330 g/mol. The Morgan fingerprint density at radius 3 is 2.71 bits per heavy atom. The molecule has 0 fully saturated rings. The van der Waals surface area contributed by atoms with Crippen LogP contribution in [0.2, 0.25) is 5.02 Å². The molecular formula is C17H18ClN3O3. The molecule has 126 valence electrons. The van der Waals surface area contributed by atoms with Crippen molar-refractivity contribution in [2.45, 2.75) is 6.92 Å². The Morgan fingerprint density at radius 1 is 1.21 bits per heavy atom. The zero-order valence-corrected chi connectivity index (χ0v) is 14.2. The number of carbonyl (C=O) groups is 2. The number of ether oxygens (including phenoxy) is 1. The number of rotatable bonds is 6. The molecule has 0 spiro atoms. The Labute approximate surface area is 145 Å². The number of amides is 2. The van der Waals surface area contributed by atoms with Gasteiger partial charge in [-0.25, -0.2) is 0 Å². The molecule has 0 saturated carbocycles. The van der Waals surface area contributed by atoms with E-state index in [1.54, 1.807) is 19.2 Å². The summed E-state index contributed by atoms with van der Waals surface area (Å²) in [5, 5.41) is 5.97. The fourth-order valence-corrected chi connectivity index (χ4v) is 2.11. The summed E-state index contributed by atoms with van der Waals surface area (Å²) >= 11 is 6.05. The third-order valence-electron chi connectivity index (χ3n) is 3.28. The molecule has 0 aliphatic carbocycles. The lowest BCUT2D eigenvalue weighted by Gasteiger charge is -2.08. The smallest absolute Gasteiger partial charge is 0.269 e. The van der Waals surface area contributed by atoms with E-state index in [0.717, 1.165) is 5.56 Å². The van der Waals surface area contributed by atoms with Crippen molar-refractivity contribution in [3.63, 3.8) is 0 Å². The summed E-state index contributed by atoms with van der Waals surface area (Å²) in [6.45, 7) is 2.65. The van der Waals surface area contributed by atoms with Crippen LogP contribution in [0.1, 0.15) is 26.4 Å². The van der Waals surface area contributed by atoms with Crippen molar-refractivity contribution in [2.75, 3.05) is 25.6 Å². The van der Waals surface area contributed by atoms with Gasteiger partial charge in [-0.1, -0.05) is 17.7 Å². The van der Waals surface area contributed by atoms with Crippen LogP contribution in [-0.4, -0.2) is 37.1 Å². The molecule has 0 saturated heterocycles. The van der Waals surface area contributed by atoms with Crippen molar-refractivity contribution < 1.29 is 14.3 Å². The largest absolute Gasteiger partial charge is 0.383 e. The van der Waals surface area contributed by atoms with Crippen LogP contribution in [0.3, 0.4) is 0 Å². The van der Waals surface area contributed by atoms with Gasteiger partial charge in [-0.2, -0.15) is 0 Å². The second-order valence-corrected chi connectivity index (χ2v) is 5.50. The molecule has 0 atom stereocenters. The predicted octanol–water partition coefficient (Wildman–Crippen LogP) is 2.67. The second-order valence-electron chi connectivity index (χ2n) is 5.10. The van der Waals surface area contributed by atoms with Crippen molar-refractivity contribution in [3.8, 4) is 0 Å². The third-order valence-corrected chi connectivity index (χ3v) is 3.68. The van der Waals surface area contributed by atoms with E-state index in [1.807, 2.05) is 13.0 Å². The van der Waals surface area contributed by atoms with Crippen LogP contribution in [0.5, 0.6) is 0 Å². The highest BCUT2D eigenvalue weighted by atomic mass is 35.5. The van der Waals surface area contributed by atoms with Gasteiger partial charge < -0.3 is 15.4 Å². The number of anilines is 1. The van der Waals surface area contributed by atoms with Gasteiger partial charge in [0, 0.05) is 36.1 Å². The number of hydrogen-bond acceptors (Lipinski definition) is 4. The molecule has 0 unspecified atom stereocenters. The second kappa shape index (κ2) is 8.42. The van der Waals surface area contributed by atoms with E-state index in [1.165, 1.54) is 18.3 Å². The lowest BCUT2D eigenvalue weighted by atomic mass is 10.2. The monoisotopic (exact) mass is 347 g/mol. The van der Waals surface area contributed by atoms with Crippen molar-refractivity contribution >= 4 is 29.1 Å². The number of carbonyl (C=O) groups excluding carboxylic acids is 2. The first kappa shape index (κ1) is 17.9. The van der Waals surface area contributed by atoms with Gasteiger partial charge in [0.15, 0.2) is 0 Å². The number of nitrogens with zero attached hydrogens (tertiary/aromatic N) is 1. The predicted molar refractivity (Wildman–Crippen MR) is 92.6 cm³/mol. The molecule has 6 nitrogen and oxygen atoms in total. The topological polar surface area (TPSA) is 80.3 Å². The van der Waals surface area contributed by atoms with Gasteiger partial charge in [0.2, 0.25) is 0 Å². The number of halogens is 1. The zero-order chi connectivity index (χ0) is 17.5. The number of aryl methyl sites for hydroxylation is 1. The fraction of sp³-hybridized carbons (Fsp3) is 0.235. The summed E-state index contributed by atoms with van der Waals surface area (Å²) in [5.41, 5.74) is 2.01. The lowest BCUT2D eigenvalue weighted by Crippen LogP contribution is -2.28. The highest BCUT2D eigenvalue weighted by Crippen LogP contribution is 2.20. The average Bonchev–Trinajstić information content (AvgIpc) is 2.58. The zero-order valence-electron chi connectivity index (χ0n) is 13.4. The summed E-state index contributed by atoms with van der Waals surface area (Å²) in [4.78, 5) is 28.2. The molecule has 2 N–H and O–H groups in total. The Kier molecular flexibility index (Phi) is 6.28. The van der Waals surface area contributed by atoms with Gasteiger partial charge in [0.1, 0.15) is 5.69 Å². The summed E-state index contributed by atoms with van der Waals surface area (Å²) in [5.74, 6) is -0.705. The molecule has 2 aromatic rings. The molecule has 1 heterocycles. The fourth-order valence-electron chi connectivity index (χ4n) is 1.93. The minimum Gasteiger partial charge on any atom is -0.383 e. The Bertz CT molecular complexity index is 750. The first-order chi connectivity index (χ1) is 11.5. The molecule has 2 amide bonds. The van der Waals surface area contributed by atoms with Gasteiger partial charge in [0.05, 0.1) is 6.61 Å². The van der Waals surface area contributed by atoms with E-state index in [0.29, 0.717) is 29.4 Å². The molecule has 24 heavy (non-hydrogen) atoms. The number of nitrogens with one attached hydrogen (secondary N) is 2. The van der Waals surface area contributed by atoms with Crippen molar-refractivity contribution in [1.82, 2.24) is 10.3 Å². The van der Waals surface area contributed by atoms with Crippen LogP contribution in [0.15, 0.2) is 36.5 Å². The first-order valence-electron chi connectivity index (χ1n) is 7.32. The van der Waals surface area contributed by atoms with Crippen molar-refractivity contribution in [3.05, 3.63) is 58.4 Å². The molecule has 0 bridgehead atoms. The van der Waals surface area contributed by atoms with Crippen LogP contribution in [-0.2, 0) is 4.74 Å². The van der Waals surface area contributed by atoms with E-state index in [2.05, 4.69) is 15.6 Å². The minimum atomic E-state index is -0.361. The third kappa shape index (κ3) is 4.78. The SMILES string of the molecule is COCCNC(=O)c1cc(C(=O)Nc2ccc(C)c(Cl)c2)ccn1. The number of methoxy groups -OCH3 is 1. The van der Waals surface area contributed by atoms with Crippen LogP contribution in [0, 0.1) is 6.92 Å². The van der Waals surface area contributed by atoms with Crippen LogP contribution in [0.25, 0.3) is 0 Å². The van der Waals surface area contributed by atoms with Gasteiger partial charge in [-0.3, -0.25) is 14.6 Å².